The van der Waals surface area contributed by atoms with Crippen LogP contribution in [0.3, 0.4) is 0 Å². The lowest BCUT2D eigenvalue weighted by Gasteiger charge is -2.34. The molecule has 32 heavy (non-hydrogen) atoms. The van der Waals surface area contributed by atoms with Crippen LogP contribution in [0.15, 0.2) is 41.6 Å². The van der Waals surface area contributed by atoms with Gasteiger partial charge in [0.25, 0.3) is 0 Å². The lowest BCUT2D eigenvalue weighted by atomic mass is 10.2. The lowest BCUT2D eigenvalue weighted by Crippen LogP contribution is -2.48. The highest BCUT2D eigenvalue weighted by Crippen LogP contribution is 2.27. The minimum Gasteiger partial charge on any atom is -0.339 e. The van der Waals surface area contributed by atoms with E-state index >= 15 is 0 Å². The molecule has 1 saturated heterocycles. The monoisotopic (exact) mass is 486 g/mol. The minimum atomic E-state index is 0.119. The number of rotatable bonds is 6. The van der Waals surface area contributed by atoms with Gasteiger partial charge < -0.3 is 9.47 Å². The summed E-state index contributed by atoms with van der Waals surface area (Å²) in [5.41, 5.74) is 2.73. The third kappa shape index (κ3) is 4.34. The minimum absolute atomic E-state index is 0.119. The van der Waals surface area contributed by atoms with E-state index in [0.29, 0.717) is 10.9 Å². The van der Waals surface area contributed by atoms with Gasteiger partial charge in [0.2, 0.25) is 11.1 Å². The van der Waals surface area contributed by atoms with Crippen molar-refractivity contribution in [2.24, 2.45) is 0 Å². The molecule has 0 N–H and O–H groups in total. The van der Waals surface area contributed by atoms with Crippen LogP contribution < -0.4 is 0 Å². The molecule has 1 fully saturated rings. The maximum absolute atomic E-state index is 12.8. The first kappa shape index (κ1) is 21.6. The molecule has 0 aliphatic carbocycles. The molecule has 0 atom stereocenters. The SMILES string of the molecule is CCn1c2ccccc2c2nnc(SCC(=O)N3CCN(Cc4ccc(Cl)s4)CC3)nc21. The first-order valence-corrected chi connectivity index (χ1v) is 12.8. The fraction of sp³-hybridized carbons (Fsp3) is 0.364. The molecule has 1 aliphatic rings. The van der Waals surface area contributed by atoms with Gasteiger partial charge in [-0.2, -0.15) is 0 Å². The van der Waals surface area contributed by atoms with Crippen molar-refractivity contribution in [2.45, 2.75) is 25.2 Å². The summed E-state index contributed by atoms with van der Waals surface area (Å²) in [4.78, 5) is 23.0. The number of piperazine rings is 1. The molecule has 4 aromatic rings. The van der Waals surface area contributed by atoms with Gasteiger partial charge in [-0.15, -0.1) is 21.5 Å². The van der Waals surface area contributed by atoms with E-state index < -0.39 is 0 Å². The van der Waals surface area contributed by atoms with Crippen molar-refractivity contribution in [1.82, 2.24) is 29.5 Å². The number of halogens is 1. The molecule has 1 aliphatic heterocycles. The summed E-state index contributed by atoms with van der Waals surface area (Å²) in [5.74, 6) is 0.439. The molecule has 0 bridgehead atoms. The van der Waals surface area contributed by atoms with Crippen LogP contribution in [0.25, 0.3) is 22.1 Å². The van der Waals surface area contributed by atoms with Crippen molar-refractivity contribution in [3.8, 4) is 0 Å². The molecule has 166 valence electrons. The molecule has 3 aromatic heterocycles. The number of hydrogen-bond donors (Lipinski definition) is 0. The van der Waals surface area contributed by atoms with Crippen molar-refractivity contribution >= 4 is 62.7 Å². The van der Waals surface area contributed by atoms with Crippen LogP contribution in [0.5, 0.6) is 0 Å². The van der Waals surface area contributed by atoms with Gasteiger partial charge in [-0.25, -0.2) is 4.98 Å². The van der Waals surface area contributed by atoms with Gasteiger partial charge in [-0.1, -0.05) is 41.6 Å². The highest BCUT2D eigenvalue weighted by molar-refractivity contribution is 7.99. The van der Waals surface area contributed by atoms with E-state index in [-0.39, 0.29) is 5.91 Å². The number of nitrogens with zero attached hydrogens (tertiary/aromatic N) is 6. The Labute approximate surface area is 199 Å². The first-order valence-electron chi connectivity index (χ1n) is 10.6. The van der Waals surface area contributed by atoms with E-state index in [1.807, 2.05) is 29.2 Å². The van der Waals surface area contributed by atoms with Gasteiger partial charge >= 0.3 is 0 Å². The fourth-order valence-corrected chi connectivity index (χ4v) is 5.92. The van der Waals surface area contributed by atoms with Crippen molar-refractivity contribution in [3.63, 3.8) is 0 Å². The number of thioether (sulfide) groups is 1. The van der Waals surface area contributed by atoms with Crippen LogP contribution >= 0.6 is 34.7 Å². The zero-order valence-electron chi connectivity index (χ0n) is 17.7. The molecule has 10 heteroatoms. The molecule has 5 rings (SSSR count). The van der Waals surface area contributed by atoms with E-state index in [1.54, 1.807) is 11.3 Å². The summed E-state index contributed by atoms with van der Waals surface area (Å²) in [6, 6.07) is 12.1. The Bertz CT molecular complexity index is 1260. The number of carbonyl (C=O) groups is 1. The van der Waals surface area contributed by atoms with Crippen LogP contribution in [0.2, 0.25) is 4.34 Å². The Hall–Kier alpha value is -2.20. The summed E-state index contributed by atoms with van der Waals surface area (Å²) in [7, 11) is 0. The summed E-state index contributed by atoms with van der Waals surface area (Å²) >= 11 is 9.00. The quantitative estimate of drug-likeness (QED) is 0.381. The molecule has 1 aromatic carbocycles. The number of amides is 1. The van der Waals surface area contributed by atoms with Gasteiger partial charge in [-0.05, 0) is 25.1 Å². The van der Waals surface area contributed by atoms with Gasteiger partial charge in [0.05, 0.1) is 15.6 Å². The van der Waals surface area contributed by atoms with E-state index in [1.165, 1.54) is 16.6 Å². The zero-order valence-corrected chi connectivity index (χ0v) is 20.1. The van der Waals surface area contributed by atoms with Crippen LogP contribution in [0, 0.1) is 0 Å². The Morgan fingerprint density at radius 3 is 2.69 bits per heavy atom. The van der Waals surface area contributed by atoms with Crippen LogP contribution in [-0.4, -0.2) is 67.4 Å². The number of thiophene rings is 1. The lowest BCUT2D eigenvalue weighted by molar-refractivity contribution is -0.130. The first-order chi connectivity index (χ1) is 15.6. The number of benzene rings is 1. The number of aryl methyl sites for hydroxylation is 1. The second-order valence-corrected chi connectivity index (χ2v) is 10.4. The average Bonchev–Trinajstić information content (AvgIpc) is 3.37. The maximum atomic E-state index is 12.8. The maximum Gasteiger partial charge on any atom is 0.233 e. The highest BCUT2D eigenvalue weighted by Gasteiger charge is 2.22. The molecular formula is C22H23ClN6OS2. The summed E-state index contributed by atoms with van der Waals surface area (Å²) in [5, 5.41) is 10.3. The third-order valence-corrected chi connectivity index (χ3v) is 7.77. The van der Waals surface area contributed by atoms with Gasteiger partial charge in [-0.3, -0.25) is 9.69 Å². The molecule has 0 spiro atoms. The largest absolute Gasteiger partial charge is 0.339 e. The van der Waals surface area contributed by atoms with E-state index in [4.69, 9.17) is 16.6 Å². The topological polar surface area (TPSA) is 67.2 Å². The van der Waals surface area contributed by atoms with Crippen LogP contribution in [0.1, 0.15) is 11.8 Å². The Morgan fingerprint density at radius 1 is 1.12 bits per heavy atom. The predicted molar refractivity (Wildman–Crippen MR) is 130 cm³/mol. The summed E-state index contributed by atoms with van der Waals surface area (Å²) in [6.45, 7) is 6.99. The van der Waals surface area contributed by atoms with Crippen molar-refractivity contribution in [3.05, 3.63) is 45.6 Å². The van der Waals surface area contributed by atoms with E-state index in [9.17, 15) is 4.79 Å². The summed E-state index contributed by atoms with van der Waals surface area (Å²) < 4.78 is 2.96. The molecule has 4 heterocycles. The van der Waals surface area contributed by atoms with Crippen molar-refractivity contribution < 1.29 is 4.79 Å². The molecule has 1 amide bonds. The van der Waals surface area contributed by atoms with Crippen LogP contribution in [0.4, 0.5) is 0 Å². The number of para-hydroxylation sites is 1. The summed E-state index contributed by atoms with van der Waals surface area (Å²) in [6.07, 6.45) is 0. The highest BCUT2D eigenvalue weighted by atomic mass is 35.5. The predicted octanol–water partition coefficient (Wildman–Crippen LogP) is 4.15. The second kappa shape index (κ2) is 9.35. The molecule has 7 nitrogen and oxygen atoms in total. The van der Waals surface area contributed by atoms with Gasteiger partial charge in [0, 0.05) is 49.5 Å². The normalized spacial score (nSPS) is 15.1. The second-order valence-electron chi connectivity index (χ2n) is 7.68. The van der Waals surface area contributed by atoms with Crippen molar-refractivity contribution in [2.75, 3.05) is 31.9 Å². The Morgan fingerprint density at radius 2 is 1.94 bits per heavy atom. The fourth-order valence-electron chi connectivity index (χ4n) is 4.10. The zero-order chi connectivity index (χ0) is 22.1. The molecular weight excluding hydrogens is 464 g/mol. The van der Waals surface area contributed by atoms with Gasteiger partial charge in [0.1, 0.15) is 5.52 Å². The van der Waals surface area contributed by atoms with E-state index in [2.05, 4.69) is 38.7 Å². The Balaban J connectivity index is 1.20. The van der Waals surface area contributed by atoms with Crippen molar-refractivity contribution in [1.29, 1.82) is 0 Å². The van der Waals surface area contributed by atoms with Crippen LogP contribution in [-0.2, 0) is 17.9 Å². The van der Waals surface area contributed by atoms with Gasteiger partial charge in [0.15, 0.2) is 5.65 Å². The smallest absolute Gasteiger partial charge is 0.233 e. The average molecular weight is 487 g/mol. The number of fused-ring (bicyclic) bond motifs is 3. The molecule has 0 radical (unpaired) electrons. The number of carbonyl (C=O) groups excluding carboxylic acids is 1. The molecule has 0 unspecified atom stereocenters. The standard InChI is InChI=1S/C22H23ClN6OS2/c1-2-29-17-6-4-3-5-16(17)20-21(29)24-22(26-25-20)31-14-19(30)28-11-9-27(10-12-28)13-15-7-8-18(23)32-15/h3-8H,2,9-14H2,1H3. The Kier molecular flexibility index (Phi) is 6.32. The van der Waals surface area contributed by atoms with E-state index in [0.717, 1.165) is 65.7 Å². The third-order valence-electron chi connectivity index (χ3n) is 5.73. The number of aromatic nitrogens is 4. The number of hydrogen-bond acceptors (Lipinski definition) is 7. The molecule has 0 saturated carbocycles.